The number of aliphatic hydroxyl groups excluding tert-OH is 2. The topological polar surface area (TPSA) is 340 Å². The number of rotatable bonds is 12. The van der Waals surface area contributed by atoms with Gasteiger partial charge in [-0.25, -0.2) is 0 Å². The molecule has 15 nitrogen and oxygen atoms in total. The number of carboxylic acid groups (broad SMARTS) is 1. The van der Waals surface area contributed by atoms with Gasteiger partial charge in [-0.1, -0.05) is 137 Å². The fourth-order valence-electron chi connectivity index (χ4n) is 4.16. The molecule has 15 heteroatoms. The third-order valence-electron chi connectivity index (χ3n) is 10.5. The number of benzene rings is 1. The minimum Gasteiger partial charge on any atom is -0.508 e. The Morgan fingerprint density at radius 2 is 0.857 bits per heavy atom. The molecule has 63 heavy (non-hydrogen) atoms. The van der Waals surface area contributed by atoms with Crippen LogP contribution in [0.5, 0.6) is 5.75 Å². The van der Waals surface area contributed by atoms with Gasteiger partial charge in [0.2, 0.25) is 11.8 Å². The number of phenolic OH excluding ortho intramolecular Hbond substituents is 1. The molecule has 0 radical (unpaired) electrons. The minimum absolute atomic E-state index is 0.00810. The molecular weight excluding hydrogens is 801 g/mol. The Morgan fingerprint density at radius 3 is 1.05 bits per heavy atom. The summed E-state index contributed by atoms with van der Waals surface area (Å²) in [4.78, 5) is 31.0. The molecule has 1 rings (SSSR count). The van der Waals surface area contributed by atoms with E-state index in [4.69, 9.17) is 66.3 Å². The number of aromatic hydroxyl groups is 1. The van der Waals surface area contributed by atoms with Crippen LogP contribution in [0.2, 0.25) is 0 Å². The maximum Gasteiger partial charge on any atom is 0.303 e. The second kappa shape index (κ2) is 31.1. The van der Waals surface area contributed by atoms with Crippen molar-refractivity contribution in [2.75, 3.05) is 6.61 Å². The monoisotopic (exact) mass is 903 g/mol. The zero-order valence-corrected chi connectivity index (χ0v) is 43.4. The van der Waals surface area contributed by atoms with Crippen LogP contribution >= 0.6 is 0 Å². The summed E-state index contributed by atoms with van der Waals surface area (Å²) >= 11 is 0. The number of carbonyl (C=O) groups excluding carboxylic acids is 2. The Bertz CT molecular complexity index is 1320. The summed E-state index contributed by atoms with van der Waals surface area (Å²) in [5.41, 5.74) is 45.7. The standard InChI is InChI=1S/C12H19NO.C8H18N2O.C8H17NO2.C7H16N2O.C7H17NO.C6H15NO/c1-12(2,3)11(13)8-9-4-6-10(14)7-5-9;2*1-8(2,3)6(9)4-5-7(10)11;1-7(2,3)5(8)4-6(9)10;1-5(9)6(8)7(2,3)4;1-6(2,3)5(7)4-8/h4-7,11,14H,8,13H2,1-3H3;6H,4-5,9H2,1-3H3,(H2,10,11);6H,4-5,9H2,1-3H3,(H,10,11);5H,4,8H2,1-3H3,(H2,9,10);5-6,9H,8H2,1-4H3;5,8H,4,7H2,1-3H3. The fourth-order valence-corrected chi connectivity index (χ4v) is 4.16. The molecule has 20 N–H and O–H groups in total. The van der Waals surface area contributed by atoms with Crippen LogP contribution in [0.25, 0.3) is 0 Å². The summed E-state index contributed by atoms with van der Waals surface area (Å²) in [5.74, 6) is -1.07. The van der Waals surface area contributed by atoms with Crippen molar-refractivity contribution < 1.29 is 34.8 Å². The van der Waals surface area contributed by atoms with Crippen LogP contribution in [0.4, 0.5) is 0 Å². The van der Waals surface area contributed by atoms with E-state index in [0.717, 1.165) is 6.42 Å². The number of primary amides is 2. The molecule has 7 unspecified atom stereocenters. The number of aliphatic hydroxyl groups is 2. The number of nitrogens with two attached hydrogens (primary N) is 8. The first-order valence-corrected chi connectivity index (χ1v) is 22.1. The molecule has 0 aliphatic carbocycles. The Balaban J connectivity index is -0.000000216. The van der Waals surface area contributed by atoms with Gasteiger partial charge < -0.3 is 66.3 Å². The van der Waals surface area contributed by atoms with E-state index >= 15 is 0 Å². The number of carbonyl (C=O) groups is 3. The Labute approximate surface area is 384 Å². The number of phenols is 1. The number of hydrogen-bond acceptors (Lipinski definition) is 12. The molecule has 0 heterocycles. The van der Waals surface area contributed by atoms with E-state index < -0.39 is 12.1 Å². The molecule has 0 spiro atoms. The van der Waals surface area contributed by atoms with E-state index in [1.165, 1.54) is 5.56 Å². The zero-order valence-electron chi connectivity index (χ0n) is 43.4. The lowest BCUT2D eigenvalue weighted by Gasteiger charge is -2.29. The lowest BCUT2D eigenvalue weighted by Crippen LogP contribution is -2.43. The van der Waals surface area contributed by atoms with Gasteiger partial charge in [-0.3, -0.25) is 14.4 Å². The van der Waals surface area contributed by atoms with Crippen LogP contribution in [0.3, 0.4) is 0 Å². The van der Waals surface area contributed by atoms with Crippen LogP contribution < -0.4 is 45.9 Å². The third kappa shape index (κ3) is 42.8. The number of amides is 2. The zero-order chi connectivity index (χ0) is 51.7. The molecule has 7 atom stereocenters. The van der Waals surface area contributed by atoms with E-state index in [0.29, 0.717) is 25.0 Å². The largest absolute Gasteiger partial charge is 0.508 e. The summed E-state index contributed by atoms with van der Waals surface area (Å²) in [6, 6.07) is 7.04. The Hall–Kier alpha value is -2.89. The van der Waals surface area contributed by atoms with Crippen molar-refractivity contribution in [2.24, 2.45) is 78.4 Å². The van der Waals surface area contributed by atoms with E-state index in [9.17, 15) is 14.4 Å². The molecule has 0 aliphatic heterocycles. The lowest BCUT2D eigenvalue weighted by molar-refractivity contribution is -0.137. The first-order valence-electron chi connectivity index (χ1n) is 22.1. The molecule has 0 aliphatic rings. The molecule has 0 fully saturated rings. The molecule has 2 amide bonds. The lowest BCUT2D eigenvalue weighted by atomic mass is 9.84. The molecule has 0 saturated carbocycles. The smallest absolute Gasteiger partial charge is 0.303 e. The van der Waals surface area contributed by atoms with Crippen LogP contribution in [0.15, 0.2) is 24.3 Å². The predicted molar refractivity (Wildman–Crippen MR) is 264 cm³/mol. The summed E-state index contributed by atoms with van der Waals surface area (Å²) in [6.45, 7) is 38.4. The highest BCUT2D eigenvalue weighted by Crippen LogP contribution is 2.23. The van der Waals surface area contributed by atoms with Gasteiger partial charge in [-0.05, 0) is 76.4 Å². The van der Waals surface area contributed by atoms with Gasteiger partial charge in [0.05, 0.1) is 12.7 Å². The van der Waals surface area contributed by atoms with Crippen molar-refractivity contribution in [3.8, 4) is 5.75 Å². The van der Waals surface area contributed by atoms with Crippen LogP contribution in [-0.2, 0) is 20.8 Å². The summed E-state index contributed by atoms with van der Waals surface area (Å²) in [7, 11) is 0. The minimum atomic E-state index is -0.773. The van der Waals surface area contributed by atoms with Crippen LogP contribution in [0, 0.1) is 32.5 Å². The van der Waals surface area contributed by atoms with Gasteiger partial charge in [0.25, 0.3) is 0 Å². The molecular formula is C48H102N8O7. The summed E-state index contributed by atoms with van der Waals surface area (Å²) < 4.78 is 0. The maximum absolute atomic E-state index is 10.4. The highest BCUT2D eigenvalue weighted by atomic mass is 16.4. The van der Waals surface area contributed by atoms with Gasteiger partial charge in [0.15, 0.2) is 0 Å². The average molecular weight is 903 g/mol. The van der Waals surface area contributed by atoms with Gasteiger partial charge in [-0.2, -0.15) is 0 Å². The van der Waals surface area contributed by atoms with Crippen LogP contribution in [-0.4, -0.2) is 87.2 Å². The first-order chi connectivity index (χ1) is 27.7. The SMILES string of the molecule is CC(C)(C)C(N)CC(N)=O.CC(C)(C)C(N)CCC(=O)O.CC(C)(C)C(N)CCC(N)=O.CC(C)(C)C(N)CO.CC(C)(C)C(N)Cc1ccc(O)cc1.CC(O)C(N)C(C)(C)C. The maximum atomic E-state index is 10.4. The molecule has 0 saturated heterocycles. The van der Waals surface area contributed by atoms with Gasteiger partial charge >= 0.3 is 5.97 Å². The van der Waals surface area contributed by atoms with E-state index in [2.05, 4.69) is 41.5 Å². The van der Waals surface area contributed by atoms with Crippen molar-refractivity contribution in [1.82, 2.24) is 0 Å². The van der Waals surface area contributed by atoms with Crippen molar-refractivity contribution >= 4 is 17.8 Å². The van der Waals surface area contributed by atoms with Gasteiger partial charge in [-0.15, -0.1) is 0 Å². The molecule has 376 valence electrons. The first kappa shape index (κ1) is 69.2. The Kier molecular flexibility index (Phi) is 34.1. The van der Waals surface area contributed by atoms with E-state index in [-0.39, 0.29) is 100 Å². The summed E-state index contributed by atoms with van der Waals surface area (Å²) in [6.07, 6.45) is 2.49. The van der Waals surface area contributed by atoms with Crippen molar-refractivity contribution in [3.05, 3.63) is 29.8 Å². The quantitative estimate of drug-likeness (QED) is 0.124. The number of aliphatic carboxylic acids is 1. The molecule has 0 aromatic heterocycles. The van der Waals surface area contributed by atoms with E-state index in [1.807, 2.05) is 95.2 Å². The number of hydrogen-bond donors (Lipinski definition) is 12. The summed E-state index contributed by atoms with van der Waals surface area (Å²) in [5, 5.41) is 35.1. The van der Waals surface area contributed by atoms with Gasteiger partial charge in [0.1, 0.15) is 5.75 Å². The predicted octanol–water partition coefficient (Wildman–Crippen LogP) is 5.49. The van der Waals surface area contributed by atoms with Crippen molar-refractivity contribution in [2.45, 2.75) is 212 Å². The van der Waals surface area contributed by atoms with Crippen molar-refractivity contribution in [1.29, 1.82) is 0 Å². The average Bonchev–Trinajstić information content (AvgIpc) is 3.08. The molecule has 1 aromatic carbocycles. The molecule has 0 bridgehead atoms. The normalized spacial score (nSPS) is 15.3. The highest BCUT2D eigenvalue weighted by molar-refractivity contribution is 5.74. The second-order valence-corrected chi connectivity index (χ2v) is 23.2. The Morgan fingerprint density at radius 1 is 0.524 bits per heavy atom. The fraction of sp³-hybridized carbons (Fsp3) is 0.812. The second-order valence-electron chi connectivity index (χ2n) is 23.2. The highest BCUT2D eigenvalue weighted by Gasteiger charge is 2.25. The molecule has 1 aromatic rings. The van der Waals surface area contributed by atoms with Gasteiger partial charge in [0, 0.05) is 55.5 Å². The third-order valence-corrected chi connectivity index (χ3v) is 10.5. The van der Waals surface area contributed by atoms with E-state index in [1.54, 1.807) is 19.1 Å². The van der Waals surface area contributed by atoms with Crippen LogP contribution in [0.1, 0.15) is 169 Å². The number of carboxylic acids is 1. The van der Waals surface area contributed by atoms with Crippen molar-refractivity contribution in [3.63, 3.8) is 0 Å².